The van der Waals surface area contributed by atoms with Gasteiger partial charge in [0.2, 0.25) is 0 Å². The molecule has 1 aromatic rings. The number of phenolic OH excluding ortho intramolecular Hbond substituents is 1. The lowest BCUT2D eigenvalue weighted by Gasteiger charge is -2.07. The molecule has 0 radical (unpaired) electrons. The number of hydrogen-bond donors (Lipinski definition) is 2. The number of carbonyl (C=O) groups is 2. The molecule has 7 heteroatoms. The monoisotopic (exact) mass is 340 g/mol. The highest BCUT2D eigenvalue weighted by molar-refractivity contribution is 9.10. The van der Waals surface area contributed by atoms with Crippen molar-refractivity contribution in [2.75, 3.05) is 13.7 Å². The maximum Gasteiger partial charge on any atom is 0.328 e. The van der Waals surface area contributed by atoms with Gasteiger partial charge in [0.1, 0.15) is 5.70 Å². The van der Waals surface area contributed by atoms with E-state index in [2.05, 4.69) is 21.2 Å². The number of halogens is 1. The van der Waals surface area contributed by atoms with Crippen molar-refractivity contribution in [3.8, 4) is 11.5 Å². The number of hydrogen-bond acceptors (Lipinski definition) is 4. The van der Waals surface area contributed by atoms with Crippen molar-refractivity contribution in [3.05, 3.63) is 27.9 Å². The van der Waals surface area contributed by atoms with E-state index in [4.69, 9.17) is 4.74 Å². The first kappa shape index (κ1) is 14.4. The van der Waals surface area contributed by atoms with Gasteiger partial charge in [0.25, 0.3) is 5.91 Å². The fourth-order valence-corrected chi connectivity index (χ4v) is 2.32. The van der Waals surface area contributed by atoms with E-state index in [1.807, 2.05) is 0 Å². The number of rotatable bonds is 3. The third-order valence-electron chi connectivity index (χ3n) is 2.86. The van der Waals surface area contributed by atoms with Crippen molar-refractivity contribution in [3.63, 3.8) is 0 Å². The Balaban J connectivity index is 2.39. The fraction of sp³-hybridized carbons (Fsp3) is 0.231. The smallest absolute Gasteiger partial charge is 0.328 e. The van der Waals surface area contributed by atoms with Gasteiger partial charge >= 0.3 is 6.03 Å². The van der Waals surface area contributed by atoms with Gasteiger partial charge in [0.15, 0.2) is 11.5 Å². The normalized spacial score (nSPS) is 16.8. The quantitative estimate of drug-likeness (QED) is 0.652. The maximum atomic E-state index is 11.9. The van der Waals surface area contributed by atoms with Crippen molar-refractivity contribution in [2.24, 2.45) is 0 Å². The number of benzene rings is 1. The van der Waals surface area contributed by atoms with E-state index in [1.165, 1.54) is 13.2 Å². The molecule has 1 heterocycles. The summed E-state index contributed by atoms with van der Waals surface area (Å²) in [5, 5.41) is 12.2. The zero-order valence-corrected chi connectivity index (χ0v) is 12.5. The summed E-state index contributed by atoms with van der Waals surface area (Å²) in [5.41, 5.74) is 0.810. The lowest BCUT2D eigenvalue weighted by atomic mass is 10.1. The van der Waals surface area contributed by atoms with Crippen LogP contribution < -0.4 is 10.1 Å². The van der Waals surface area contributed by atoms with Crippen LogP contribution in [0.2, 0.25) is 0 Å². The first-order valence-electron chi connectivity index (χ1n) is 5.89. The molecular weight excluding hydrogens is 328 g/mol. The first-order chi connectivity index (χ1) is 9.47. The molecule has 1 aliphatic rings. The van der Waals surface area contributed by atoms with E-state index in [1.54, 1.807) is 19.1 Å². The number of amides is 3. The summed E-state index contributed by atoms with van der Waals surface area (Å²) in [4.78, 5) is 24.6. The van der Waals surface area contributed by atoms with Gasteiger partial charge in [-0.2, -0.15) is 0 Å². The molecule has 1 saturated heterocycles. The van der Waals surface area contributed by atoms with Crippen LogP contribution >= 0.6 is 15.9 Å². The van der Waals surface area contributed by atoms with Gasteiger partial charge in [-0.3, -0.25) is 9.69 Å². The highest BCUT2D eigenvalue weighted by atomic mass is 79.9. The first-order valence-corrected chi connectivity index (χ1v) is 6.68. The molecule has 0 aliphatic carbocycles. The molecule has 0 spiro atoms. The van der Waals surface area contributed by atoms with Crippen molar-refractivity contribution in [2.45, 2.75) is 6.92 Å². The molecule has 20 heavy (non-hydrogen) atoms. The number of nitrogens with one attached hydrogen (secondary N) is 1. The van der Waals surface area contributed by atoms with E-state index in [0.717, 1.165) is 4.90 Å². The van der Waals surface area contributed by atoms with E-state index in [9.17, 15) is 14.7 Å². The van der Waals surface area contributed by atoms with Crippen molar-refractivity contribution >= 4 is 33.9 Å². The second-order valence-electron chi connectivity index (χ2n) is 4.09. The lowest BCUT2D eigenvalue weighted by molar-refractivity contribution is -0.122. The summed E-state index contributed by atoms with van der Waals surface area (Å²) in [7, 11) is 1.43. The minimum Gasteiger partial charge on any atom is -0.503 e. The molecule has 2 rings (SSSR count). The van der Waals surface area contributed by atoms with E-state index in [-0.39, 0.29) is 23.1 Å². The highest BCUT2D eigenvalue weighted by Gasteiger charge is 2.32. The molecule has 0 aromatic heterocycles. The number of phenols is 1. The topological polar surface area (TPSA) is 78.9 Å². The summed E-state index contributed by atoms with van der Waals surface area (Å²) < 4.78 is 5.47. The SMILES string of the molecule is CCN1C(=O)NC(=Cc2cc(Br)c(O)c(OC)c2)C1=O. The number of imide groups is 1. The Morgan fingerprint density at radius 1 is 1.45 bits per heavy atom. The van der Waals surface area contributed by atoms with Crippen LogP contribution in [0.25, 0.3) is 6.08 Å². The Kier molecular flexibility index (Phi) is 3.99. The predicted octanol–water partition coefficient (Wildman–Crippen LogP) is 2.08. The standard InChI is InChI=1S/C13H13BrN2O4/c1-3-16-12(18)9(15-13(16)19)5-7-4-8(14)11(17)10(6-7)20-2/h4-6,17H,3H2,1-2H3,(H,15,19). The molecular formula is C13H13BrN2O4. The lowest BCUT2D eigenvalue weighted by Crippen LogP contribution is -2.30. The number of nitrogens with zero attached hydrogens (tertiary/aromatic N) is 1. The molecule has 1 fully saturated rings. The van der Waals surface area contributed by atoms with Crippen molar-refractivity contribution < 1.29 is 19.4 Å². The number of methoxy groups -OCH3 is 1. The third kappa shape index (κ3) is 2.49. The number of aromatic hydroxyl groups is 1. The predicted molar refractivity (Wildman–Crippen MR) is 76.3 cm³/mol. The van der Waals surface area contributed by atoms with Gasteiger partial charge < -0.3 is 15.2 Å². The summed E-state index contributed by atoms with van der Waals surface area (Å²) in [6, 6.07) is 2.76. The van der Waals surface area contributed by atoms with Crippen LogP contribution in [0.4, 0.5) is 4.79 Å². The molecule has 0 unspecified atom stereocenters. The van der Waals surface area contributed by atoms with Crippen LogP contribution in [0.5, 0.6) is 11.5 Å². The highest BCUT2D eigenvalue weighted by Crippen LogP contribution is 2.35. The maximum absolute atomic E-state index is 11.9. The fourth-order valence-electron chi connectivity index (χ4n) is 1.86. The molecule has 0 bridgehead atoms. The minimum atomic E-state index is -0.437. The molecule has 0 atom stereocenters. The number of likely N-dealkylation sites (N-methyl/N-ethyl adjacent to an activating group) is 1. The largest absolute Gasteiger partial charge is 0.503 e. The van der Waals surface area contributed by atoms with Crippen LogP contribution in [0.15, 0.2) is 22.3 Å². The summed E-state index contributed by atoms with van der Waals surface area (Å²) >= 11 is 3.20. The number of urea groups is 1. The minimum absolute atomic E-state index is 0.0216. The van der Waals surface area contributed by atoms with Gasteiger partial charge in [0, 0.05) is 6.54 Å². The van der Waals surface area contributed by atoms with E-state index >= 15 is 0 Å². The van der Waals surface area contributed by atoms with E-state index < -0.39 is 6.03 Å². The van der Waals surface area contributed by atoms with Crippen LogP contribution in [-0.4, -0.2) is 35.6 Å². The molecule has 6 nitrogen and oxygen atoms in total. The van der Waals surface area contributed by atoms with Crippen LogP contribution in [-0.2, 0) is 4.79 Å². The van der Waals surface area contributed by atoms with Crippen LogP contribution in [0, 0.1) is 0 Å². The zero-order chi connectivity index (χ0) is 14.9. The number of ether oxygens (including phenoxy) is 1. The Hall–Kier alpha value is -2.02. The second-order valence-corrected chi connectivity index (χ2v) is 4.95. The molecule has 1 aliphatic heterocycles. The third-order valence-corrected chi connectivity index (χ3v) is 3.46. The van der Waals surface area contributed by atoms with Gasteiger partial charge in [0.05, 0.1) is 11.6 Å². The molecule has 0 saturated carbocycles. The van der Waals surface area contributed by atoms with Crippen LogP contribution in [0.3, 0.4) is 0 Å². The molecule has 106 valence electrons. The summed E-state index contributed by atoms with van der Waals surface area (Å²) in [6.45, 7) is 2.03. The summed E-state index contributed by atoms with van der Waals surface area (Å²) in [5.74, 6) is -0.123. The van der Waals surface area contributed by atoms with Gasteiger partial charge in [-0.05, 0) is 46.6 Å². The van der Waals surface area contributed by atoms with Gasteiger partial charge in [-0.15, -0.1) is 0 Å². The Bertz CT molecular complexity index is 613. The zero-order valence-electron chi connectivity index (χ0n) is 10.9. The average molecular weight is 341 g/mol. The summed E-state index contributed by atoms with van der Waals surface area (Å²) in [6.07, 6.45) is 1.53. The molecule has 1 aromatic carbocycles. The Morgan fingerprint density at radius 2 is 2.15 bits per heavy atom. The molecule has 3 amide bonds. The number of carbonyl (C=O) groups excluding carboxylic acids is 2. The van der Waals surface area contributed by atoms with Crippen molar-refractivity contribution in [1.29, 1.82) is 0 Å². The Morgan fingerprint density at radius 3 is 2.70 bits per heavy atom. The average Bonchev–Trinajstić information content (AvgIpc) is 2.68. The second kappa shape index (κ2) is 5.54. The van der Waals surface area contributed by atoms with Crippen molar-refractivity contribution in [1.82, 2.24) is 10.2 Å². The Labute approximate surface area is 124 Å². The van der Waals surface area contributed by atoms with Gasteiger partial charge in [-0.25, -0.2) is 4.79 Å². The van der Waals surface area contributed by atoms with Gasteiger partial charge in [-0.1, -0.05) is 0 Å². The van der Waals surface area contributed by atoms with E-state index in [0.29, 0.717) is 16.6 Å². The van der Waals surface area contributed by atoms with Crippen LogP contribution in [0.1, 0.15) is 12.5 Å². The molecule has 2 N–H and O–H groups in total.